The number of hydrogen-bond acceptors (Lipinski definition) is 7. The second-order valence-corrected chi connectivity index (χ2v) is 7.38. The van der Waals surface area contributed by atoms with Gasteiger partial charge in [0.25, 0.3) is 5.91 Å². The highest BCUT2D eigenvalue weighted by atomic mass is 19.1. The minimum Gasteiger partial charge on any atom is -0.494 e. The summed E-state index contributed by atoms with van der Waals surface area (Å²) in [5.74, 6) is -1.36. The summed E-state index contributed by atoms with van der Waals surface area (Å²) < 4.78 is 26.2. The lowest BCUT2D eigenvalue weighted by atomic mass is 10.2. The molecule has 0 fully saturated rings. The van der Waals surface area contributed by atoms with E-state index in [4.69, 9.17) is 15.2 Å². The minimum absolute atomic E-state index is 0.0265. The molecular weight excluding hydrogens is 457 g/mol. The zero-order valence-corrected chi connectivity index (χ0v) is 19.0. The molecule has 2 aromatic heterocycles. The summed E-state index contributed by atoms with van der Waals surface area (Å²) in [6, 6.07) is 12.0. The molecule has 4 rings (SSSR count). The zero-order chi connectivity index (χ0) is 25.1. The van der Waals surface area contributed by atoms with E-state index in [1.54, 1.807) is 31.2 Å². The first-order valence-electron chi connectivity index (χ1n) is 10.8. The van der Waals surface area contributed by atoms with Crippen LogP contribution in [0.2, 0.25) is 0 Å². The predicted molar refractivity (Wildman–Crippen MR) is 125 cm³/mol. The predicted octanol–water partition coefficient (Wildman–Crippen LogP) is 2.45. The van der Waals surface area contributed by atoms with Crippen LogP contribution in [0.1, 0.15) is 24.3 Å². The normalized spacial score (nSPS) is 10.9. The van der Waals surface area contributed by atoms with Crippen LogP contribution < -0.4 is 16.2 Å². The van der Waals surface area contributed by atoms with Crippen LogP contribution in [0.4, 0.5) is 4.39 Å². The van der Waals surface area contributed by atoms with Crippen molar-refractivity contribution in [3.8, 4) is 22.8 Å². The van der Waals surface area contributed by atoms with E-state index in [2.05, 4.69) is 9.97 Å². The third-order valence-corrected chi connectivity index (χ3v) is 5.10. The summed E-state index contributed by atoms with van der Waals surface area (Å²) in [5, 5.41) is 0. The Morgan fingerprint density at radius 2 is 1.69 bits per heavy atom. The Morgan fingerprint density at radius 1 is 1.00 bits per heavy atom. The highest BCUT2D eigenvalue weighted by Gasteiger charge is 2.25. The van der Waals surface area contributed by atoms with Crippen molar-refractivity contribution in [3.63, 3.8) is 0 Å². The Hall–Kier alpha value is -4.54. The van der Waals surface area contributed by atoms with E-state index in [9.17, 15) is 18.8 Å². The summed E-state index contributed by atoms with van der Waals surface area (Å²) >= 11 is 0. The number of fused-ring (bicyclic) bond motifs is 1. The molecule has 4 aromatic rings. The van der Waals surface area contributed by atoms with Gasteiger partial charge in [0.15, 0.2) is 17.2 Å². The number of benzene rings is 2. The largest absolute Gasteiger partial charge is 0.494 e. The fraction of sp³-hybridized carbons (Fsp3) is 0.208. The van der Waals surface area contributed by atoms with Gasteiger partial charge in [-0.25, -0.2) is 23.7 Å². The number of nitrogens with two attached hydrogens (primary N) is 1. The standard InChI is InChI=1S/C24H22FN5O5/c1-3-34-17-11-5-14(6-12-17)22-27-19(21(26)32)20-23(28-22)30(16-9-7-15(25)8-10-16)24(33)29(20)13-18(31)35-4-2/h5-12H,3-4,13H2,1-2H3,(H2,26,32). The van der Waals surface area contributed by atoms with E-state index in [0.29, 0.717) is 17.9 Å². The molecule has 10 nitrogen and oxygen atoms in total. The summed E-state index contributed by atoms with van der Waals surface area (Å²) in [7, 11) is 0. The molecule has 0 atom stereocenters. The van der Waals surface area contributed by atoms with Gasteiger partial charge in [-0.1, -0.05) is 0 Å². The Bertz CT molecular complexity index is 1460. The van der Waals surface area contributed by atoms with Crippen LogP contribution in [0.5, 0.6) is 5.75 Å². The number of carbonyl (C=O) groups excluding carboxylic acids is 2. The number of nitrogens with zero attached hydrogens (tertiary/aromatic N) is 4. The number of amides is 1. The Kier molecular flexibility index (Phi) is 6.58. The van der Waals surface area contributed by atoms with Crippen molar-refractivity contribution in [1.29, 1.82) is 0 Å². The molecule has 0 aliphatic heterocycles. The van der Waals surface area contributed by atoms with Crippen LogP contribution in [0.3, 0.4) is 0 Å². The molecule has 180 valence electrons. The van der Waals surface area contributed by atoms with E-state index in [1.807, 2.05) is 6.92 Å². The molecular formula is C24H22FN5O5. The van der Waals surface area contributed by atoms with Gasteiger partial charge < -0.3 is 15.2 Å². The first-order chi connectivity index (χ1) is 16.8. The lowest BCUT2D eigenvalue weighted by Gasteiger charge is -2.08. The van der Waals surface area contributed by atoms with Crippen LogP contribution in [-0.4, -0.2) is 44.2 Å². The highest BCUT2D eigenvalue weighted by molar-refractivity contribution is 6.02. The minimum atomic E-state index is -0.918. The molecule has 11 heteroatoms. The van der Waals surface area contributed by atoms with E-state index in [0.717, 1.165) is 4.57 Å². The van der Waals surface area contributed by atoms with Crippen molar-refractivity contribution in [2.75, 3.05) is 13.2 Å². The Morgan fingerprint density at radius 3 is 2.29 bits per heavy atom. The molecule has 35 heavy (non-hydrogen) atoms. The van der Waals surface area contributed by atoms with E-state index >= 15 is 0 Å². The van der Waals surface area contributed by atoms with Crippen molar-refractivity contribution in [3.05, 3.63) is 70.5 Å². The number of esters is 1. The molecule has 0 spiro atoms. The van der Waals surface area contributed by atoms with Gasteiger partial charge in [0, 0.05) is 5.56 Å². The molecule has 2 N–H and O–H groups in total. The highest BCUT2D eigenvalue weighted by Crippen LogP contribution is 2.25. The zero-order valence-electron chi connectivity index (χ0n) is 19.0. The lowest BCUT2D eigenvalue weighted by Crippen LogP contribution is -2.28. The Balaban J connectivity index is 2.01. The second-order valence-electron chi connectivity index (χ2n) is 7.38. The number of ether oxygens (including phenoxy) is 2. The van der Waals surface area contributed by atoms with Crippen LogP contribution in [0.25, 0.3) is 28.2 Å². The van der Waals surface area contributed by atoms with Crippen molar-refractivity contribution < 1.29 is 23.5 Å². The van der Waals surface area contributed by atoms with E-state index in [-0.39, 0.29) is 35.0 Å². The lowest BCUT2D eigenvalue weighted by molar-refractivity contribution is -0.143. The fourth-order valence-corrected chi connectivity index (χ4v) is 3.63. The molecule has 0 saturated heterocycles. The maximum Gasteiger partial charge on any atom is 0.335 e. The van der Waals surface area contributed by atoms with Gasteiger partial charge in [0.1, 0.15) is 23.6 Å². The molecule has 0 bridgehead atoms. The SMILES string of the molecule is CCOC(=O)Cn1c(=O)n(-c2ccc(F)cc2)c2nc(-c3ccc(OCC)cc3)nc(C(N)=O)c21. The van der Waals surface area contributed by atoms with Crippen molar-refractivity contribution in [2.24, 2.45) is 5.73 Å². The van der Waals surface area contributed by atoms with Crippen LogP contribution in [0.15, 0.2) is 53.3 Å². The molecule has 2 aromatic carbocycles. The Labute approximate surface area is 198 Å². The van der Waals surface area contributed by atoms with Gasteiger partial charge in [-0.2, -0.15) is 0 Å². The average Bonchev–Trinajstić information content (AvgIpc) is 3.11. The molecule has 0 aliphatic carbocycles. The van der Waals surface area contributed by atoms with Crippen LogP contribution in [-0.2, 0) is 16.1 Å². The van der Waals surface area contributed by atoms with E-state index < -0.39 is 29.9 Å². The number of aromatic nitrogens is 4. The first-order valence-corrected chi connectivity index (χ1v) is 10.8. The monoisotopic (exact) mass is 479 g/mol. The van der Waals surface area contributed by atoms with Gasteiger partial charge in [-0.05, 0) is 62.4 Å². The van der Waals surface area contributed by atoms with Crippen molar-refractivity contribution >= 4 is 23.0 Å². The molecule has 0 unspecified atom stereocenters. The van der Waals surface area contributed by atoms with Gasteiger partial charge in [-0.15, -0.1) is 0 Å². The quantitative estimate of drug-likeness (QED) is 0.384. The fourth-order valence-electron chi connectivity index (χ4n) is 3.63. The van der Waals surface area contributed by atoms with E-state index in [1.165, 1.54) is 28.8 Å². The average molecular weight is 479 g/mol. The van der Waals surface area contributed by atoms with Crippen molar-refractivity contribution in [1.82, 2.24) is 19.1 Å². The molecule has 2 heterocycles. The number of halogens is 1. The number of imidazole rings is 1. The van der Waals surface area contributed by atoms with Gasteiger partial charge in [0.2, 0.25) is 0 Å². The summed E-state index contributed by atoms with van der Waals surface area (Å²) in [4.78, 5) is 47.0. The molecule has 0 aliphatic rings. The maximum absolute atomic E-state index is 13.6. The van der Waals surface area contributed by atoms with Gasteiger partial charge in [0.05, 0.1) is 18.9 Å². The third-order valence-electron chi connectivity index (χ3n) is 5.10. The number of carbonyl (C=O) groups is 2. The molecule has 0 saturated carbocycles. The summed E-state index contributed by atoms with van der Waals surface area (Å²) in [6.07, 6.45) is 0. The maximum atomic E-state index is 13.6. The van der Waals surface area contributed by atoms with Crippen molar-refractivity contribution in [2.45, 2.75) is 20.4 Å². The topological polar surface area (TPSA) is 131 Å². The smallest absolute Gasteiger partial charge is 0.335 e. The van der Waals surface area contributed by atoms with Gasteiger partial charge in [-0.3, -0.25) is 14.2 Å². The van der Waals surface area contributed by atoms with Crippen LogP contribution in [0, 0.1) is 5.82 Å². The summed E-state index contributed by atoms with van der Waals surface area (Å²) in [6.45, 7) is 3.59. The molecule has 0 radical (unpaired) electrons. The number of rotatable bonds is 8. The number of primary amides is 1. The number of hydrogen-bond donors (Lipinski definition) is 1. The van der Waals surface area contributed by atoms with Gasteiger partial charge >= 0.3 is 11.7 Å². The molecule has 1 amide bonds. The summed E-state index contributed by atoms with van der Waals surface area (Å²) in [5.41, 5.74) is 5.49. The third kappa shape index (κ3) is 4.60. The van der Waals surface area contributed by atoms with Crippen LogP contribution >= 0.6 is 0 Å². The second kappa shape index (κ2) is 9.75. The first kappa shape index (κ1) is 23.6.